The van der Waals surface area contributed by atoms with Gasteiger partial charge in [0.05, 0.1) is 23.3 Å². The van der Waals surface area contributed by atoms with Gasteiger partial charge in [-0.3, -0.25) is 0 Å². The van der Waals surface area contributed by atoms with Crippen molar-refractivity contribution in [3.8, 4) is 12.1 Å². The van der Waals surface area contributed by atoms with Crippen LogP contribution in [0.25, 0.3) is 10.8 Å². The minimum Gasteiger partial charge on any atom is -0.373 e. The first-order chi connectivity index (χ1) is 10.1. The van der Waals surface area contributed by atoms with E-state index in [0.717, 1.165) is 29.5 Å². The first-order valence-electron chi connectivity index (χ1n) is 6.80. The van der Waals surface area contributed by atoms with E-state index in [2.05, 4.69) is 21.9 Å². The molecule has 0 fully saturated rings. The number of hydrogen-bond donors (Lipinski definition) is 0. The molecule has 0 unspecified atom stereocenters. The zero-order valence-corrected chi connectivity index (χ0v) is 12.6. The molecule has 2 aromatic carbocycles. The smallest absolute Gasteiger partial charge is 0.0998 e. The summed E-state index contributed by atoms with van der Waals surface area (Å²) in [7, 11) is 6.11. The van der Waals surface area contributed by atoms with E-state index in [0.29, 0.717) is 11.1 Å². The van der Waals surface area contributed by atoms with Gasteiger partial charge in [-0.15, -0.1) is 0 Å². The van der Waals surface area contributed by atoms with Crippen molar-refractivity contribution < 1.29 is 0 Å². The third kappa shape index (κ3) is 2.97. The van der Waals surface area contributed by atoms with Crippen molar-refractivity contribution in [1.82, 2.24) is 4.90 Å². The minimum atomic E-state index is 0.548. The van der Waals surface area contributed by atoms with Crippen LogP contribution in [-0.4, -0.2) is 39.1 Å². The third-order valence-corrected chi connectivity index (χ3v) is 3.55. The molecule has 4 heteroatoms. The zero-order chi connectivity index (χ0) is 15.4. The normalized spacial score (nSPS) is 10.4. The first-order valence-corrected chi connectivity index (χ1v) is 6.80. The van der Waals surface area contributed by atoms with Gasteiger partial charge in [0.15, 0.2) is 0 Å². The Morgan fingerprint density at radius 1 is 0.905 bits per heavy atom. The summed E-state index contributed by atoms with van der Waals surface area (Å²) in [4.78, 5) is 4.29. The Labute approximate surface area is 125 Å². The molecule has 0 aliphatic rings. The highest BCUT2D eigenvalue weighted by atomic mass is 15.2. The van der Waals surface area contributed by atoms with Gasteiger partial charge in [0.2, 0.25) is 0 Å². The summed E-state index contributed by atoms with van der Waals surface area (Å²) in [6, 6.07) is 13.7. The molecule has 0 bridgehead atoms. The van der Waals surface area contributed by atoms with E-state index in [1.165, 1.54) is 0 Å². The lowest BCUT2D eigenvalue weighted by Crippen LogP contribution is -2.28. The van der Waals surface area contributed by atoms with Gasteiger partial charge in [-0.25, -0.2) is 0 Å². The maximum atomic E-state index is 9.28. The van der Waals surface area contributed by atoms with Crippen LogP contribution in [0.15, 0.2) is 30.3 Å². The van der Waals surface area contributed by atoms with Gasteiger partial charge in [-0.2, -0.15) is 10.5 Å². The molecule has 0 atom stereocenters. The molecule has 0 N–H and O–H groups in total. The van der Waals surface area contributed by atoms with Gasteiger partial charge in [0, 0.05) is 36.6 Å². The fraction of sp³-hybridized carbons (Fsp3) is 0.294. The van der Waals surface area contributed by atoms with Crippen LogP contribution in [0.5, 0.6) is 0 Å². The van der Waals surface area contributed by atoms with E-state index in [4.69, 9.17) is 0 Å². The molecule has 0 saturated carbocycles. The highest BCUT2D eigenvalue weighted by Gasteiger charge is 2.12. The largest absolute Gasteiger partial charge is 0.373 e. The molecule has 0 radical (unpaired) electrons. The Balaban J connectivity index is 2.57. The average Bonchev–Trinajstić information content (AvgIpc) is 2.50. The lowest BCUT2D eigenvalue weighted by Gasteiger charge is -2.23. The summed E-state index contributed by atoms with van der Waals surface area (Å²) in [5.74, 6) is 0. The van der Waals surface area contributed by atoms with Crippen LogP contribution < -0.4 is 4.90 Å². The van der Waals surface area contributed by atoms with Gasteiger partial charge in [0.25, 0.3) is 0 Å². The van der Waals surface area contributed by atoms with E-state index >= 15 is 0 Å². The second-order valence-corrected chi connectivity index (χ2v) is 5.31. The highest BCUT2D eigenvalue weighted by molar-refractivity contribution is 6.01. The van der Waals surface area contributed by atoms with Crippen molar-refractivity contribution in [2.75, 3.05) is 39.1 Å². The Bertz CT molecular complexity index is 715. The molecule has 2 aromatic rings. The van der Waals surface area contributed by atoms with Crippen LogP contribution in [0.1, 0.15) is 11.1 Å². The van der Waals surface area contributed by atoms with Crippen molar-refractivity contribution in [2.24, 2.45) is 0 Å². The molecule has 0 heterocycles. The van der Waals surface area contributed by atoms with Crippen molar-refractivity contribution in [3.05, 3.63) is 41.5 Å². The summed E-state index contributed by atoms with van der Waals surface area (Å²) in [6.07, 6.45) is 0. The number of nitrogens with zero attached hydrogens (tertiary/aromatic N) is 4. The van der Waals surface area contributed by atoms with Crippen molar-refractivity contribution in [2.45, 2.75) is 0 Å². The number of fused-ring (bicyclic) bond motifs is 1. The number of nitriles is 2. The van der Waals surface area contributed by atoms with E-state index in [1.807, 2.05) is 39.3 Å². The van der Waals surface area contributed by atoms with Crippen LogP contribution >= 0.6 is 0 Å². The van der Waals surface area contributed by atoms with Crippen LogP contribution in [0.2, 0.25) is 0 Å². The van der Waals surface area contributed by atoms with Gasteiger partial charge in [-0.05, 0) is 32.3 Å². The highest BCUT2D eigenvalue weighted by Crippen LogP contribution is 2.31. The Morgan fingerprint density at radius 2 is 1.57 bits per heavy atom. The van der Waals surface area contributed by atoms with Gasteiger partial charge < -0.3 is 9.80 Å². The second kappa shape index (κ2) is 6.26. The molecule has 0 amide bonds. The van der Waals surface area contributed by atoms with Crippen molar-refractivity contribution >= 4 is 16.5 Å². The maximum absolute atomic E-state index is 9.28. The molecule has 21 heavy (non-hydrogen) atoms. The standard InChI is InChI=1S/C17H18N4/c1-20(2)9-10-21(3)16-8-7-14(12-19)17-13(11-18)5-4-6-15(16)17/h4-8H,9-10H2,1-3H3. The number of anilines is 1. The van der Waals surface area contributed by atoms with Crippen LogP contribution in [0, 0.1) is 22.7 Å². The minimum absolute atomic E-state index is 0.548. The number of hydrogen-bond acceptors (Lipinski definition) is 4. The van der Waals surface area contributed by atoms with E-state index in [-0.39, 0.29) is 0 Å². The van der Waals surface area contributed by atoms with Crippen molar-refractivity contribution in [3.63, 3.8) is 0 Å². The molecule has 0 saturated heterocycles. The lowest BCUT2D eigenvalue weighted by molar-refractivity contribution is 0.416. The fourth-order valence-corrected chi connectivity index (χ4v) is 2.38. The molecule has 0 aromatic heterocycles. The Morgan fingerprint density at radius 3 is 2.19 bits per heavy atom. The molecular weight excluding hydrogens is 260 g/mol. The monoisotopic (exact) mass is 278 g/mol. The number of likely N-dealkylation sites (N-methyl/N-ethyl adjacent to an activating group) is 2. The van der Waals surface area contributed by atoms with Crippen LogP contribution in [-0.2, 0) is 0 Å². The molecule has 2 rings (SSSR count). The molecule has 4 nitrogen and oxygen atoms in total. The predicted octanol–water partition coefficient (Wildman–Crippen LogP) is 2.58. The first kappa shape index (κ1) is 14.8. The van der Waals surface area contributed by atoms with Crippen LogP contribution in [0.3, 0.4) is 0 Å². The quantitative estimate of drug-likeness (QED) is 0.862. The Kier molecular flexibility index (Phi) is 4.42. The van der Waals surface area contributed by atoms with E-state index in [1.54, 1.807) is 12.1 Å². The molecule has 0 aliphatic heterocycles. The number of benzene rings is 2. The summed E-state index contributed by atoms with van der Waals surface area (Å²) >= 11 is 0. The zero-order valence-electron chi connectivity index (χ0n) is 12.6. The summed E-state index contributed by atoms with van der Waals surface area (Å²) in [5.41, 5.74) is 2.14. The average molecular weight is 278 g/mol. The third-order valence-electron chi connectivity index (χ3n) is 3.55. The summed E-state index contributed by atoms with van der Waals surface area (Å²) in [6.45, 7) is 1.82. The molecular formula is C17H18N4. The van der Waals surface area contributed by atoms with Crippen LogP contribution in [0.4, 0.5) is 5.69 Å². The lowest BCUT2D eigenvalue weighted by atomic mass is 9.98. The molecule has 0 spiro atoms. The molecule has 0 aliphatic carbocycles. The SMILES string of the molecule is CN(C)CCN(C)c1ccc(C#N)c2c(C#N)cccc12. The van der Waals surface area contributed by atoms with Gasteiger partial charge >= 0.3 is 0 Å². The van der Waals surface area contributed by atoms with Gasteiger partial charge in [0.1, 0.15) is 0 Å². The Hall–Kier alpha value is -2.56. The van der Waals surface area contributed by atoms with E-state index in [9.17, 15) is 10.5 Å². The number of rotatable bonds is 4. The topological polar surface area (TPSA) is 54.1 Å². The maximum Gasteiger partial charge on any atom is 0.0998 e. The van der Waals surface area contributed by atoms with Crippen molar-refractivity contribution in [1.29, 1.82) is 10.5 Å². The fourth-order valence-electron chi connectivity index (χ4n) is 2.38. The van der Waals surface area contributed by atoms with E-state index < -0.39 is 0 Å². The predicted molar refractivity (Wildman–Crippen MR) is 85.2 cm³/mol. The van der Waals surface area contributed by atoms with Gasteiger partial charge in [-0.1, -0.05) is 12.1 Å². The molecule has 106 valence electrons. The summed E-state index contributed by atoms with van der Waals surface area (Å²) < 4.78 is 0. The summed E-state index contributed by atoms with van der Waals surface area (Å²) in [5, 5.41) is 20.3. The second-order valence-electron chi connectivity index (χ2n) is 5.31.